The van der Waals surface area contributed by atoms with Crippen LogP contribution in [-0.2, 0) is 4.79 Å². The van der Waals surface area contributed by atoms with Gasteiger partial charge in [-0.15, -0.1) is 0 Å². The van der Waals surface area contributed by atoms with Gasteiger partial charge in [0.2, 0.25) is 0 Å². The fourth-order valence-electron chi connectivity index (χ4n) is 2.95. The first kappa shape index (κ1) is 15.6. The molecule has 114 valence electrons. The van der Waals surface area contributed by atoms with Gasteiger partial charge in [0, 0.05) is 24.2 Å². The summed E-state index contributed by atoms with van der Waals surface area (Å²) in [7, 11) is 0. The highest BCUT2D eigenvalue weighted by Crippen LogP contribution is 2.41. The Labute approximate surface area is 127 Å². The molecule has 0 aromatic heterocycles. The van der Waals surface area contributed by atoms with Crippen molar-refractivity contribution in [1.82, 2.24) is 0 Å². The average molecular weight is 313 g/mol. The molecule has 6 nitrogen and oxygen atoms in total. The maximum absolute atomic E-state index is 11.6. The van der Waals surface area contributed by atoms with Crippen molar-refractivity contribution in [2.45, 2.75) is 26.2 Å². The van der Waals surface area contributed by atoms with E-state index in [-0.39, 0.29) is 5.69 Å². The number of benzene rings is 1. The number of halogens is 1. The number of nitro groups is 1. The molecule has 2 rings (SSSR count). The first-order valence-corrected chi connectivity index (χ1v) is 7.20. The Hall–Kier alpha value is -1.82. The van der Waals surface area contributed by atoms with Crippen LogP contribution in [0.3, 0.4) is 0 Å². The fraction of sp³-hybridized carbons (Fsp3) is 0.500. The van der Waals surface area contributed by atoms with Crippen LogP contribution in [0.4, 0.5) is 11.4 Å². The van der Waals surface area contributed by atoms with Crippen LogP contribution in [0, 0.1) is 15.5 Å². The highest BCUT2D eigenvalue weighted by atomic mass is 35.5. The first-order chi connectivity index (χ1) is 9.89. The Morgan fingerprint density at radius 1 is 1.57 bits per heavy atom. The molecule has 1 atom stereocenters. The van der Waals surface area contributed by atoms with Crippen molar-refractivity contribution in [3.63, 3.8) is 0 Å². The summed E-state index contributed by atoms with van der Waals surface area (Å²) in [6.07, 6.45) is 1.83. The number of nitrogens with zero attached hydrogens (tertiary/aromatic N) is 2. The van der Waals surface area contributed by atoms with E-state index in [0.29, 0.717) is 36.6 Å². The lowest BCUT2D eigenvalue weighted by Gasteiger charge is -2.25. The third-order valence-corrected chi connectivity index (χ3v) is 4.25. The summed E-state index contributed by atoms with van der Waals surface area (Å²) >= 11 is 5.81. The van der Waals surface area contributed by atoms with E-state index in [1.165, 1.54) is 6.07 Å². The largest absolute Gasteiger partial charge is 0.481 e. The van der Waals surface area contributed by atoms with Gasteiger partial charge in [0.1, 0.15) is 5.69 Å². The van der Waals surface area contributed by atoms with Crippen molar-refractivity contribution in [3.05, 3.63) is 33.3 Å². The smallest absolute Gasteiger partial charge is 0.311 e. The van der Waals surface area contributed by atoms with Crippen molar-refractivity contribution in [3.8, 4) is 0 Å². The second-order valence-corrected chi connectivity index (χ2v) is 5.83. The number of hydrogen-bond acceptors (Lipinski definition) is 4. The Kier molecular flexibility index (Phi) is 4.37. The Balaban J connectivity index is 2.33. The molecule has 0 saturated carbocycles. The zero-order valence-electron chi connectivity index (χ0n) is 11.7. The van der Waals surface area contributed by atoms with Crippen LogP contribution < -0.4 is 4.90 Å². The maximum Gasteiger partial charge on any atom is 0.311 e. The summed E-state index contributed by atoms with van der Waals surface area (Å²) < 4.78 is 0. The van der Waals surface area contributed by atoms with Gasteiger partial charge in [0.15, 0.2) is 0 Å². The van der Waals surface area contributed by atoms with Crippen molar-refractivity contribution in [2.24, 2.45) is 5.41 Å². The second-order valence-electron chi connectivity index (χ2n) is 5.40. The highest BCUT2D eigenvalue weighted by Gasteiger charge is 2.45. The summed E-state index contributed by atoms with van der Waals surface area (Å²) in [5, 5.41) is 21.0. The van der Waals surface area contributed by atoms with Gasteiger partial charge >= 0.3 is 5.97 Å². The van der Waals surface area contributed by atoms with E-state index in [2.05, 4.69) is 0 Å². The third kappa shape index (κ3) is 2.95. The average Bonchev–Trinajstić information content (AvgIpc) is 2.84. The number of rotatable bonds is 5. The molecular weight excluding hydrogens is 296 g/mol. The predicted octanol–water partition coefficient (Wildman–Crippen LogP) is 3.33. The molecule has 1 N–H and O–H groups in total. The molecule has 1 aromatic rings. The van der Waals surface area contributed by atoms with Crippen molar-refractivity contribution >= 4 is 28.9 Å². The third-order valence-electron chi connectivity index (χ3n) is 4.01. The quantitative estimate of drug-likeness (QED) is 0.666. The lowest BCUT2D eigenvalue weighted by molar-refractivity contribution is -0.384. The molecule has 0 amide bonds. The first-order valence-electron chi connectivity index (χ1n) is 6.82. The molecule has 0 aliphatic carbocycles. The number of nitro benzene ring substituents is 1. The molecule has 1 heterocycles. The van der Waals surface area contributed by atoms with Gasteiger partial charge in [-0.1, -0.05) is 24.9 Å². The van der Waals surface area contributed by atoms with Crippen molar-refractivity contribution in [1.29, 1.82) is 0 Å². The van der Waals surface area contributed by atoms with Gasteiger partial charge in [0.05, 0.1) is 10.3 Å². The minimum Gasteiger partial charge on any atom is -0.481 e. The van der Waals surface area contributed by atoms with E-state index < -0.39 is 16.3 Å². The summed E-state index contributed by atoms with van der Waals surface area (Å²) in [6, 6.07) is 4.48. The molecule has 21 heavy (non-hydrogen) atoms. The zero-order chi connectivity index (χ0) is 15.6. The summed E-state index contributed by atoms with van der Waals surface area (Å²) in [6.45, 7) is 2.73. The zero-order valence-corrected chi connectivity index (χ0v) is 12.5. The second kappa shape index (κ2) is 5.89. The molecule has 1 aromatic carbocycles. The normalized spacial score (nSPS) is 21.5. The Morgan fingerprint density at radius 3 is 2.86 bits per heavy atom. The van der Waals surface area contributed by atoms with Crippen molar-refractivity contribution in [2.75, 3.05) is 18.0 Å². The van der Waals surface area contributed by atoms with Gasteiger partial charge in [-0.2, -0.15) is 0 Å². The number of aliphatic carboxylic acids is 1. The number of hydrogen-bond donors (Lipinski definition) is 1. The van der Waals surface area contributed by atoms with E-state index in [1.54, 1.807) is 17.0 Å². The van der Waals surface area contributed by atoms with Crippen LogP contribution in [0.15, 0.2) is 18.2 Å². The SMILES string of the molecule is CCCC1(C(=O)O)CCN(c2ccc(Cl)cc2[N+](=O)[O-])C1. The van der Waals surface area contributed by atoms with Crippen LogP contribution >= 0.6 is 11.6 Å². The molecule has 1 saturated heterocycles. The number of anilines is 1. The Bertz CT molecular complexity index is 578. The van der Waals surface area contributed by atoms with Crippen LogP contribution in [0.25, 0.3) is 0 Å². The van der Waals surface area contributed by atoms with Gasteiger partial charge in [-0.25, -0.2) is 0 Å². The van der Waals surface area contributed by atoms with E-state index >= 15 is 0 Å². The molecule has 1 fully saturated rings. The van der Waals surface area contributed by atoms with Crippen LogP contribution in [0.5, 0.6) is 0 Å². The summed E-state index contributed by atoms with van der Waals surface area (Å²) in [5.74, 6) is -0.830. The van der Waals surface area contributed by atoms with Gasteiger partial charge in [0.25, 0.3) is 5.69 Å². The van der Waals surface area contributed by atoms with Gasteiger partial charge in [-0.3, -0.25) is 14.9 Å². The molecule has 1 unspecified atom stereocenters. The predicted molar refractivity (Wildman–Crippen MR) is 79.9 cm³/mol. The van der Waals surface area contributed by atoms with Crippen LogP contribution in [0.1, 0.15) is 26.2 Å². The standard InChI is InChI=1S/C14H17ClN2O4/c1-2-5-14(13(18)19)6-7-16(9-14)11-4-3-10(15)8-12(11)17(20)21/h3-4,8H,2,5-7,9H2,1H3,(H,18,19). The monoisotopic (exact) mass is 312 g/mol. The summed E-state index contributed by atoms with van der Waals surface area (Å²) in [5.41, 5.74) is -0.466. The van der Waals surface area contributed by atoms with Gasteiger partial charge in [-0.05, 0) is 25.0 Å². The van der Waals surface area contributed by atoms with E-state index in [1.807, 2.05) is 6.92 Å². The molecule has 1 aliphatic heterocycles. The van der Waals surface area contributed by atoms with E-state index in [9.17, 15) is 20.0 Å². The Morgan fingerprint density at radius 2 is 2.29 bits per heavy atom. The molecular formula is C14H17ClN2O4. The minimum atomic E-state index is -0.830. The van der Waals surface area contributed by atoms with Crippen LogP contribution in [0.2, 0.25) is 5.02 Å². The molecule has 0 bridgehead atoms. The number of carbonyl (C=O) groups is 1. The minimum absolute atomic E-state index is 0.0832. The molecule has 0 radical (unpaired) electrons. The maximum atomic E-state index is 11.6. The molecule has 1 aliphatic rings. The number of carboxylic acids is 1. The van der Waals surface area contributed by atoms with Gasteiger partial charge < -0.3 is 10.0 Å². The lowest BCUT2D eigenvalue weighted by atomic mass is 9.83. The van der Waals surface area contributed by atoms with E-state index in [0.717, 1.165) is 6.42 Å². The highest BCUT2D eigenvalue weighted by molar-refractivity contribution is 6.30. The molecule has 0 spiro atoms. The summed E-state index contributed by atoms with van der Waals surface area (Å²) in [4.78, 5) is 24.0. The van der Waals surface area contributed by atoms with E-state index in [4.69, 9.17) is 11.6 Å². The van der Waals surface area contributed by atoms with Crippen LogP contribution in [-0.4, -0.2) is 29.1 Å². The fourth-order valence-corrected chi connectivity index (χ4v) is 3.12. The van der Waals surface area contributed by atoms with Crippen molar-refractivity contribution < 1.29 is 14.8 Å². The molecule has 7 heteroatoms. The topological polar surface area (TPSA) is 83.7 Å². The lowest BCUT2D eigenvalue weighted by Crippen LogP contribution is -2.34. The number of carboxylic acid groups (broad SMARTS) is 1.